The van der Waals surface area contributed by atoms with Crippen molar-refractivity contribution in [1.29, 1.82) is 0 Å². The number of quaternary nitrogens is 1. The molecular weight excluding hydrogens is 238 g/mol. The van der Waals surface area contributed by atoms with Gasteiger partial charge in [0.1, 0.15) is 0 Å². The highest BCUT2D eigenvalue weighted by Crippen LogP contribution is 2.50. The van der Waals surface area contributed by atoms with Crippen LogP contribution in [0.15, 0.2) is 24.3 Å². The van der Waals surface area contributed by atoms with E-state index in [1.165, 1.54) is 5.56 Å². The van der Waals surface area contributed by atoms with Crippen LogP contribution in [0.1, 0.15) is 33.3 Å². The Morgan fingerprint density at radius 1 is 1.32 bits per heavy atom. The summed E-state index contributed by atoms with van der Waals surface area (Å²) >= 11 is 0. The molecular formula is C15H22N3O+. The van der Waals surface area contributed by atoms with Gasteiger partial charge in [-0.25, -0.2) is 0 Å². The predicted molar refractivity (Wildman–Crippen MR) is 74.5 cm³/mol. The topological polar surface area (TPSA) is 60.0 Å². The molecule has 2 aliphatic heterocycles. The molecule has 1 aromatic carbocycles. The number of fused-ring (bicyclic) bond motifs is 3. The maximum Gasteiger partial charge on any atom is 0.307 e. The molecule has 1 fully saturated rings. The number of nitrogens with one attached hydrogen (secondary N) is 1. The summed E-state index contributed by atoms with van der Waals surface area (Å²) in [6, 6.07) is 8.16. The molecule has 1 aromatic rings. The van der Waals surface area contributed by atoms with Crippen molar-refractivity contribution in [3.8, 4) is 0 Å². The highest BCUT2D eigenvalue weighted by Gasteiger charge is 2.69. The largest absolute Gasteiger partial charge is 0.329 e. The highest BCUT2D eigenvalue weighted by atomic mass is 16.2. The van der Waals surface area contributed by atoms with Crippen LogP contribution in [0.25, 0.3) is 0 Å². The lowest BCUT2D eigenvalue weighted by molar-refractivity contribution is -0.457. The van der Waals surface area contributed by atoms with Crippen molar-refractivity contribution >= 4 is 11.6 Å². The average Bonchev–Trinajstić information content (AvgIpc) is 2.66. The Hall–Kier alpha value is -1.55. The van der Waals surface area contributed by atoms with Crippen LogP contribution < -0.4 is 11.1 Å². The number of benzene rings is 1. The second-order valence-electron chi connectivity index (χ2n) is 6.97. The van der Waals surface area contributed by atoms with Crippen molar-refractivity contribution in [2.75, 3.05) is 11.9 Å². The molecule has 4 N–H and O–H groups in total. The first-order valence-corrected chi connectivity index (χ1v) is 6.75. The average molecular weight is 260 g/mol. The summed E-state index contributed by atoms with van der Waals surface area (Å²) in [7, 11) is 0. The van der Waals surface area contributed by atoms with E-state index in [9.17, 15) is 4.79 Å². The van der Waals surface area contributed by atoms with Gasteiger partial charge in [0.05, 0.1) is 5.41 Å². The summed E-state index contributed by atoms with van der Waals surface area (Å²) in [5.41, 5.74) is 5.28. The van der Waals surface area contributed by atoms with Gasteiger partial charge in [-0.3, -0.25) is 4.79 Å². The third-order valence-corrected chi connectivity index (χ3v) is 4.71. The van der Waals surface area contributed by atoms with E-state index in [1.54, 1.807) is 0 Å². The first-order valence-electron chi connectivity index (χ1n) is 6.75. The van der Waals surface area contributed by atoms with Crippen molar-refractivity contribution in [2.45, 2.75) is 44.3 Å². The van der Waals surface area contributed by atoms with E-state index in [0.29, 0.717) is 6.54 Å². The Bertz CT molecular complexity index is 563. The zero-order chi connectivity index (χ0) is 14.1. The third-order valence-electron chi connectivity index (χ3n) is 4.71. The van der Waals surface area contributed by atoms with Gasteiger partial charge in [-0.1, -0.05) is 18.2 Å². The number of anilines is 1. The molecule has 0 aromatic heterocycles. The third kappa shape index (κ3) is 1.35. The Morgan fingerprint density at radius 2 is 1.95 bits per heavy atom. The van der Waals surface area contributed by atoms with E-state index in [4.69, 9.17) is 0 Å². The van der Waals surface area contributed by atoms with E-state index in [2.05, 4.69) is 44.8 Å². The molecule has 2 atom stereocenters. The predicted octanol–water partition coefficient (Wildman–Crippen LogP) is 0.949. The standard InChI is InChI=1S/C15H21N3O/c1-13(2,3)18-9-14(4)10-7-5-6-8-11(10)17-15(14,16)12(18)19/h5-8,17H,9,16H2,1-4H3/p+1/t14-,15-/m0/s1. The van der Waals surface area contributed by atoms with E-state index in [-0.39, 0.29) is 16.9 Å². The van der Waals surface area contributed by atoms with Crippen LogP contribution in [-0.4, -0.2) is 28.6 Å². The Balaban J connectivity index is 2.15. The molecule has 1 amide bonds. The van der Waals surface area contributed by atoms with Crippen LogP contribution in [0.2, 0.25) is 0 Å². The quantitative estimate of drug-likeness (QED) is 0.729. The molecule has 0 saturated carbocycles. The minimum absolute atomic E-state index is 0.0960. The normalized spacial score (nSPS) is 33.1. The van der Waals surface area contributed by atoms with Crippen LogP contribution >= 0.6 is 0 Å². The number of likely N-dealkylation sites (tertiary alicyclic amines) is 1. The molecule has 0 aliphatic carbocycles. The summed E-state index contributed by atoms with van der Waals surface area (Å²) in [6.45, 7) is 9.07. The highest BCUT2D eigenvalue weighted by molar-refractivity contribution is 5.96. The van der Waals surface area contributed by atoms with Crippen molar-refractivity contribution in [3.63, 3.8) is 0 Å². The molecule has 2 aliphatic rings. The van der Waals surface area contributed by atoms with Crippen LogP contribution in [0.3, 0.4) is 0 Å². The lowest BCUT2D eigenvalue weighted by Crippen LogP contribution is -2.84. The van der Waals surface area contributed by atoms with Crippen molar-refractivity contribution < 1.29 is 10.5 Å². The van der Waals surface area contributed by atoms with E-state index in [1.807, 2.05) is 23.1 Å². The van der Waals surface area contributed by atoms with Gasteiger partial charge in [-0.05, 0) is 39.3 Å². The number of carbonyl (C=O) groups is 1. The van der Waals surface area contributed by atoms with Crippen LogP contribution in [0.5, 0.6) is 0 Å². The van der Waals surface area contributed by atoms with E-state index < -0.39 is 5.66 Å². The van der Waals surface area contributed by atoms with Crippen molar-refractivity contribution in [2.24, 2.45) is 0 Å². The molecule has 0 bridgehead atoms. The van der Waals surface area contributed by atoms with Crippen molar-refractivity contribution in [3.05, 3.63) is 29.8 Å². The smallest absolute Gasteiger partial charge is 0.307 e. The number of amides is 1. The zero-order valence-corrected chi connectivity index (χ0v) is 12.1. The van der Waals surface area contributed by atoms with E-state index in [0.717, 1.165) is 5.69 Å². The van der Waals surface area contributed by atoms with Gasteiger partial charge in [0.15, 0.2) is 0 Å². The van der Waals surface area contributed by atoms with Gasteiger partial charge in [-0.2, -0.15) is 0 Å². The summed E-state index contributed by atoms with van der Waals surface area (Å²) in [5.74, 6) is 0.0960. The Morgan fingerprint density at radius 3 is 2.58 bits per heavy atom. The number of nitrogens with zero attached hydrogens (tertiary/aromatic N) is 1. The number of carbonyl (C=O) groups excluding carboxylic acids is 1. The maximum absolute atomic E-state index is 12.8. The molecule has 0 unspecified atom stereocenters. The molecule has 4 nitrogen and oxygen atoms in total. The summed E-state index contributed by atoms with van der Waals surface area (Å²) in [6.07, 6.45) is 0. The molecule has 3 rings (SSSR count). The van der Waals surface area contributed by atoms with Gasteiger partial charge < -0.3 is 16.0 Å². The number of para-hydroxylation sites is 1. The Labute approximate surface area is 114 Å². The molecule has 0 radical (unpaired) electrons. The second-order valence-corrected chi connectivity index (χ2v) is 6.97. The number of hydrogen-bond acceptors (Lipinski definition) is 2. The van der Waals surface area contributed by atoms with Gasteiger partial charge in [-0.15, -0.1) is 0 Å². The summed E-state index contributed by atoms with van der Waals surface area (Å²) in [5, 5.41) is 3.36. The first-order chi connectivity index (χ1) is 8.70. The molecule has 19 heavy (non-hydrogen) atoms. The number of rotatable bonds is 0. The fraction of sp³-hybridized carbons (Fsp3) is 0.533. The molecule has 4 heteroatoms. The lowest BCUT2D eigenvalue weighted by Gasteiger charge is -2.33. The minimum atomic E-state index is -0.774. The minimum Gasteiger partial charge on any atom is -0.329 e. The molecule has 2 heterocycles. The van der Waals surface area contributed by atoms with E-state index >= 15 is 0 Å². The fourth-order valence-corrected chi connectivity index (χ4v) is 3.34. The Kier molecular flexibility index (Phi) is 2.17. The van der Waals surface area contributed by atoms with Crippen LogP contribution in [0.4, 0.5) is 5.69 Å². The van der Waals surface area contributed by atoms with Gasteiger partial charge >= 0.3 is 5.91 Å². The monoisotopic (exact) mass is 260 g/mol. The molecule has 102 valence electrons. The summed E-state index contributed by atoms with van der Waals surface area (Å²) < 4.78 is 0. The van der Waals surface area contributed by atoms with Gasteiger partial charge in [0.2, 0.25) is 0 Å². The zero-order valence-electron chi connectivity index (χ0n) is 12.1. The maximum atomic E-state index is 12.8. The lowest BCUT2D eigenvalue weighted by atomic mass is 9.77. The van der Waals surface area contributed by atoms with Gasteiger partial charge in [0, 0.05) is 17.8 Å². The summed E-state index contributed by atoms with van der Waals surface area (Å²) in [4.78, 5) is 14.8. The number of hydrogen-bond donors (Lipinski definition) is 2. The van der Waals surface area contributed by atoms with Crippen LogP contribution in [0, 0.1) is 0 Å². The van der Waals surface area contributed by atoms with Crippen LogP contribution in [-0.2, 0) is 10.2 Å². The van der Waals surface area contributed by atoms with Crippen molar-refractivity contribution in [1.82, 2.24) is 4.90 Å². The first kappa shape index (κ1) is 12.5. The SMILES string of the molecule is CC(C)(C)N1C[C@@]2(C)c3ccccc3N[C@@]2([NH3+])C1=O. The van der Waals surface area contributed by atoms with Gasteiger partial charge in [0.25, 0.3) is 5.66 Å². The molecule has 1 saturated heterocycles. The molecule has 0 spiro atoms. The second kappa shape index (κ2) is 3.31. The fourth-order valence-electron chi connectivity index (χ4n) is 3.34.